The highest BCUT2D eigenvalue weighted by atomic mass is 35.5. The number of anilines is 1. The van der Waals surface area contributed by atoms with E-state index in [0.29, 0.717) is 23.7 Å². The maximum Gasteiger partial charge on any atom is 0.228 e. The first-order valence-corrected chi connectivity index (χ1v) is 8.26. The van der Waals surface area contributed by atoms with Crippen molar-refractivity contribution < 1.29 is 9.59 Å². The highest BCUT2D eigenvalue weighted by Crippen LogP contribution is 2.39. The van der Waals surface area contributed by atoms with Crippen LogP contribution in [-0.4, -0.2) is 18.4 Å². The van der Waals surface area contributed by atoms with E-state index < -0.39 is 0 Å². The molecule has 0 bridgehead atoms. The molecule has 1 aromatic rings. The number of hydrogen-bond donors (Lipinski definition) is 2. The van der Waals surface area contributed by atoms with E-state index in [9.17, 15) is 9.59 Å². The topological polar surface area (TPSA) is 58.2 Å². The van der Waals surface area contributed by atoms with E-state index in [-0.39, 0.29) is 23.7 Å². The molecule has 2 atom stereocenters. The van der Waals surface area contributed by atoms with E-state index >= 15 is 0 Å². The Kier molecular flexibility index (Phi) is 5.83. The van der Waals surface area contributed by atoms with Crippen LogP contribution in [0, 0.1) is 18.8 Å². The number of benzene rings is 1. The highest BCUT2D eigenvalue weighted by molar-refractivity contribution is 6.31. The molecule has 1 aliphatic carbocycles. The van der Waals surface area contributed by atoms with Crippen LogP contribution in [0.25, 0.3) is 0 Å². The third kappa shape index (κ3) is 4.23. The van der Waals surface area contributed by atoms with Crippen LogP contribution in [0.15, 0.2) is 18.2 Å². The monoisotopic (exact) mass is 322 g/mol. The summed E-state index contributed by atoms with van der Waals surface area (Å²) in [5.74, 6) is -0.496. The fourth-order valence-electron chi connectivity index (χ4n) is 2.46. The van der Waals surface area contributed by atoms with Gasteiger partial charge in [0.2, 0.25) is 11.8 Å². The quantitative estimate of drug-likeness (QED) is 0.754. The van der Waals surface area contributed by atoms with Gasteiger partial charge in [0.1, 0.15) is 0 Å². The second-order valence-electron chi connectivity index (χ2n) is 5.85. The number of amides is 2. The smallest absolute Gasteiger partial charge is 0.228 e. The summed E-state index contributed by atoms with van der Waals surface area (Å²) < 4.78 is 0. The number of carbonyl (C=O) groups excluding carboxylic acids is 2. The standard InChI is InChI=1S/C17H23ClN2O2/c1-3-4-5-9-19-16(21)12-10-13(12)17(22)20-15-8-6-7-14(18)11(15)2/h6-8,12-13H,3-5,9-10H2,1-2H3,(H,19,21)(H,20,22). The molecule has 0 saturated heterocycles. The molecule has 1 saturated carbocycles. The first-order valence-electron chi connectivity index (χ1n) is 7.88. The highest BCUT2D eigenvalue weighted by Gasteiger charge is 2.47. The Morgan fingerprint density at radius 1 is 1.23 bits per heavy atom. The minimum Gasteiger partial charge on any atom is -0.356 e. The summed E-state index contributed by atoms with van der Waals surface area (Å²) in [5.41, 5.74) is 1.56. The number of carbonyl (C=O) groups is 2. The summed E-state index contributed by atoms with van der Waals surface area (Å²) in [7, 11) is 0. The van der Waals surface area contributed by atoms with Gasteiger partial charge in [0.25, 0.3) is 0 Å². The van der Waals surface area contributed by atoms with Crippen LogP contribution in [0.1, 0.15) is 38.2 Å². The molecule has 2 amide bonds. The van der Waals surface area contributed by atoms with Gasteiger partial charge in [0, 0.05) is 17.3 Å². The van der Waals surface area contributed by atoms with Crippen LogP contribution in [0.4, 0.5) is 5.69 Å². The second kappa shape index (κ2) is 7.63. The number of nitrogens with one attached hydrogen (secondary N) is 2. The largest absolute Gasteiger partial charge is 0.356 e. The van der Waals surface area contributed by atoms with Gasteiger partial charge >= 0.3 is 0 Å². The minimum atomic E-state index is -0.218. The van der Waals surface area contributed by atoms with E-state index in [1.54, 1.807) is 12.1 Å². The fourth-order valence-corrected chi connectivity index (χ4v) is 2.64. The molecule has 0 aromatic heterocycles. The van der Waals surface area contributed by atoms with Gasteiger partial charge in [-0.2, -0.15) is 0 Å². The molecular formula is C17H23ClN2O2. The van der Waals surface area contributed by atoms with Crippen molar-refractivity contribution in [2.75, 3.05) is 11.9 Å². The Hall–Kier alpha value is -1.55. The van der Waals surface area contributed by atoms with Crippen molar-refractivity contribution in [1.29, 1.82) is 0 Å². The van der Waals surface area contributed by atoms with E-state index in [1.165, 1.54) is 0 Å². The van der Waals surface area contributed by atoms with E-state index in [0.717, 1.165) is 24.8 Å². The molecule has 0 heterocycles. The van der Waals surface area contributed by atoms with Gasteiger partial charge in [-0.05, 0) is 37.5 Å². The molecule has 1 fully saturated rings. The number of unbranched alkanes of at least 4 members (excludes halogenated alkanes) is 2. The van der Waals surface area contributed by atoms with Crippen LogP contribution in [0.5, 0.6) is 0 Å². The van der Waals surface area contributed by atoms with Gasteiger partial charge in [0.05, 0.1) is 11.8 Å². The van der Waals surface area contributed by atoms with Gasteiger partial charge in [-0.3, -0.25) is 9.59 Å². The molecular weight excluding hydrogens is 300 g/mol. The maximum atomic E-state index is 12.2. The van der Waals surface area contributed by atoms with Crippen molar-refractivity contribution in [1.82, 2.24) is 5.32 Å². The summed E-state index contributed by atoms with van der Waals surface area (Å²) in [6, 6.07) is 5.41. The molecule has 2 rings (SSSR count). The van der Waals surface area contributed by atoms with Crippen LogP contribution >= 0.6 is 11.6 Å². The van der Waals surface area contributed by atoms with Gasteiger partial charge in [0.15, 0.2) is 0 Å². The molecule has 0 radical (unpaired) electrons. The Bertz CT molecular complexity index is 560. The van der Waals surface area contributed by atoms with Gasteiger partial charge in [-0.25, -0.2) is 0 Å². The van der Waals surface area contributed by atoms with Crippen LogP contribution < -0.4 is 10.6 Å². The first kappa shape index (κ1) is 16.8. The average Bonchev–Trinajstić information content (AvgIpc) is 3.29. The van der Waals surface area contributed by atoms with Gasteiger partial charge in [-0.15, -0.1) is 0 Å². The lowest BCUT2D eigenvalue weighted by Crippen LogP contribution is -2.28. The third-order valence-electron chi connectivity index (χ3n) is 4.07. The third-order valence-corrected chi connectivity index (χ3v) is 4.48. The zero-order valence-corrected chi connectivity index (χ0v) is 13.9. The Morgan fingerprint density at radius 3 is 2.68 bits per heavy atom. The predicted octanol–water partition coefficient (Wildman–Crippen LogP) is 3.53. The van der Waals surface area contributed by atoms with E-state index in [2.05, 4.69) is 17.6 Å². The predicted molar refractivity (Wildman–Crippen MR) is 89.0 cm³/mol. The lowest BCUT2D eigenvalue weighted by Gasteiger charge is -2.09. The molecule has 1 aromatic carbocycles. The van der Waals surface area contributed by atoms with Gasteiger partial charge < -0.3 is 10.6 Å². The first-order chi connectivity index (χ1) is 10.5. The van der Waals surface area contributed by atoms with Crippen LogP contribution in [-0.2, 0) is 9.59 Å². The van der Waals surface area contributed by atoms with Crippen molar-refractivity contribution in [2.45, 2.75) is 39.5 Å². The zero-order valence-electron chi connectivity index (χ0n) is 13.1. The van der Waals surface area contributed by atoms with Crippen molar-refractivity contribution in [3.05, 3.63) is 28.8 Å². The number of hydrogen-bond acceptors (Lipinski definition) is 2. The van der Waals surface area contributed by atoms with Crippen LogP contribution in [0.2, 0.25) is 5.02 Å². The molecule has 0 aliphatic heterocycles. The van der Waals surface area contributed by atoms with Crippen molar-refractivity contribution in [2.24, 2.45) is 11.8 Å². The molecule has 2 N–H and O–H groups in total. The SMILES string of the molecule is CCCCCNC(=O)C1CC1C(=O)Nc1cccc(Cl)c1C. The molecule has 22 heavy (non-hydrogen) atoms. The normalized spacial score (nSPS) is 19.6. The number of rotatable bonds is 7. The average molecular weight is 323 g/mol. The van der Waals surface area contributed by atoms with E-state index in [4.69, 9.17) is 11.6 Å². The van der Waals surface area contributed by atoms with Crippen molar-refractivity contribution >= 4 is 29.1 Å². The summed E-state index contributed by atoms with van der Waals surface area (Å²) in [4.78, 5) is 24.1. The summed E-state index contributed by atoms with van der Waals surface area (Å²) in [5, 5.41) is 6.40. The molecule has 5 heteroatoms. The van der Waals surface area contributed by atoms with Gasteiger partial charge in [-0.1, -0.05) is 37.4 Å². The Balaban J connectivity index is 1.80. The molecule has 1 aliphatic rings. The van der Waals surface area contributed by atoms with E-state index in [1.807, 2.05) is 13.0 Å². The minimum absolute atomic E-state index is 0.000862. The zero-order chi connectivity index (χ0) is 16.1. The molecule has 2 unspecified atom stereocenters. The Morgan fingerprint density at radius 2 is 1.95 bits per heavy atom. The lowest BCUT2D eigenvalue weighted by atomic mass is 10.2. The summed E-state index contributed by atoms with van der Waals surface area (Å²) in [6.07, 6.45) is 3.87. The fraction of sp³-hybridized carbons (Fsp3) is 0.529. The number of halogens is 1. The second-order valence-corrected chi connectivity index (χ2v) is 6.26. The summed E-state index contributed by atoms with van der Waals surface area (Å²) >= 11 is 6.04. The molecule has 4 nitrogen and oxygen atoms in total. The molecule has 0 spiro atoms. The summed E-state index contributed by atoms with van der Waals surface area (Å²) in [6.45, 7) is 4.69. The lowest BCUT2D eigenvalue weighted by molar-refractivity contribution is -0.125. The van der Waals surface area contributed by atoms with Crippen LogP contribution in [0.3, 0.4) is 0 Å². The Labute approximate surface area is 136 Å². The van der Waals surface area contributed by atoms with Crippen molar-refractivity contribution in [3.63, 3.8) is 0 Å². The van der Waals surface area contributed by atoms with Crippen molar-refractivity contribution in [3.8, 4) is 0 Å². The maximum absolute atomic E-state index is 12.2. The molecule has 120 valence electrons.